The van der Waals surface area contributed by atoms with Gasteiger partial charge in [-0.05, 0) is 25.5 Å². The summed E-state index contributed by atoms with van der Waals surface area (Å²) in [6.07, 6.45) is 1.64. The van der Waals surface area contributed by atoms with Crippen molar-refractivity contribution in [1.29, 1.82) is 5.26 Å². The Labute approximate surface area is 96.4 Å². The molecular weight excluding hydrogens is 228 g/mol. The maximum absolute atomic E-state index is 11.0. The molecule has 1 aromatic heterocycles. The van der Waals surface area contributed by atoms with Gasteiger partial charge in [0.2, 0.25) is 0 Å². The highest BCUT2D eigenvalue weighted by Crippen LogP contribution is 2.23. The molecule has 1 unspecified atom stereocenters. The van der Waals surface area contributed by atoms with Crippen LogP contribution in [0.4, 0.5) is 0 Å². The van der Waals surface area contributed by atoms with Gasteiger partial charge in [-0.15, -0.1) is 0 Å². The van der Waals surface area contributed by atoms with Crippen molar-refractivity contribution < 1.29 is 4.21 Å². The highest BCUT2D eigenvalue weighted by atomic mass is 32.2. The van der Waals surface area contributed by atoms with Crippen LogP contribution in [0.1, 0.15) is 16.8 Å². The van der Waals surface area contributed by atoms with Crippen molar-refractivity contribution in [1.82, 2.24) is 4.98 Å². The lowest BCUT2D eigenvalue weighted by Crippen LogP contribution is -1.96. The van der Waals surface area contributed by atoms with Crippen molar-refractivity contribution in [2.24, 2.45) is 0 Å². The van der Waals surface area contributed by atoms with E-state index < -0.39 is 10.8 Å². The zero-order valence-electron chi connectivity index (χ0n) is 8.90. The van der Waals surface area contributed by atoms with Crippen molar-refractivity contribution in [2.75, 3.05) is 11.3 Å². The summed E-state index contributed by atoms with van der Waals surface area (Å²) in [5.41, 5.74) is 2.40. The standard InChI is InChI=1S/C10H12N2OS2/c1-7-4-8(2)12-10(9(7)5-11)14-6-15(3)13/h4H,6H2,1-3H3. The van der Waals surface area contributed by atoms with Gasteiger partial charge in [0.05, 0.1) is 10.6 Å². The van der Waals surface area contributed by atoms with Gasteiger partial charge in [-0.1, -0.05) is 11.8 Å². The summed E-state index contributed by atoms with van der Waals surface area (Å²) in [7, 11) is -0.876. The Morgan fingerprint density at radius 2 is 2.27 bits per heavy atom. The monoisotopic (exact) mass is 240 g/mol. The van der Waals surface area contributed by atoms with Crippen molar-refractivity contribution in [3.63, 3.8) is 0 Å². The molecule has 0 aromatic carbocycles. The van der Waals surface area contributed by atoms with Gasteiger partial charge in [0.1, 0.15) is 11.1 Å². The fourth-order valence-electron chi connectivity index (χ4n) is 1.18. The largest absolute Gasteiger partial charge is 0.259 e. The third kappa shape index (κ3) is 3.33. The van der Waals surface area contributed by atoms with Crippen LogP contribution in [0.5, 0.6) is 0 Å². The highest BCUT2D eigenvalue weighted by Gasteiger charge is 2.09. The number of thioether (sulfide) groups is 1. The molecule has 0 saturated carbocycles. The zero-order valence-corrected chi connectivity index (χ0v) is 10.5. The van der Waals surface area contributed by atoms with E-state index in [9.17, 15) is 4.21 Å². The van der Waals surface area contributed by atoms with E-state index in [-0.39, 0.29) is 0 Å². The summed E-state index contributed by atoms with van der Waals surface area (Å²) in [5, 5.41) is 10.1. The Kier molecular flexibility index (Phi) is 4.30. The van der Waals surface area contributed by atoms with Gasteiger partial charge in [-0.3, -0.25) is 4.21 Å². The lowest BCUT2D eigenvalue weighted by Gasteiger charge is -2.05. The van der Waals surface area contributed by atoms with Crippen LogP contribution in [0, 0.1) is 25.2 Å². The summed E-state index contributed by atoms with van der Waals surface area (Å²) in [6.45, 7) is 3.78. The minimum Gasteiger partial charge on any atom is -0.259 e. The Morgan fingerprint density at radius 3 is 2.80 bits per heavy atom. The fourth-order valence-corrected chi connectivity index (χ4v) is 2.85. The Bertz CT molecular complexity index is 438. The number of aryl methyl sites for hydroxylation is 2. The van der Waals surface area contributed by atoms with E-state index in [4.69, 9.17) is 5.26 Å². The molecule has 0 bridgehead atoms. The second kappa shape index (κ2) is 5.29. The van der Waals surface area contributed by atoms with Crippen LogP contribution in [0.3, 0.4) is 0 Å². The molecule has 0 spiro atoms. The van der Waals surface area contributed by atoms with E-state index in [0.29, 0.717) is 15.7 Å². The second-order valence-electron chi connectivity index (χ2n) is 3.21. The summed E-state index contributed by atoms with van der Waals surface area (Å²) < 4.78 is 11.0. The van der Waals surface area contributed by atoms with Gasteiger partial charge in [0.25, 0.3) is 0 Å². The van der Waals surface area contributed by atoms with Gasteiger partial charge in [0, 0.05) is 22.7 Å². The Balaban J connectivity index is 3.05. The molecule has 1 atom stereocenters. The van der Waals surface area contributed by atoms with Gasteiger partial charge in [-0.2, -0.15) is 5.26 Å². The molecule has 3 nitrogen and oxygen atoms in total. The van der Waals surface area contributed by atoms with Crippen molar-refractivity contribution >= 4 is 22.6 Å². The van der Waals surface area contributed by atoms with Crippen LogP contribution in [-0.4, -0.2) is 20.5 Å². The molecule has 0 amide bonds. The average Bonchev–Trinajstić information content (AvgIpc) is 2.13. The fraction of sp³-hybridized carbons (Fsp3) is 0.400. The molecular formula is C10H12N2OS2. The average molecular weight is 240 g/mol. The molecule has 5 heteroatoms. The summed E-state index contributed by atoms with van der Waals surface area (Å²) in [6, 6.07) is 4.01. The third-order valence-electron chi connectivity index (χ3n) is 1.78. The lowest BCUT2D eigenvalue weighted by atomic mass is 10.1. The van der Waals surface area contributed by atoms with Gasteiger partial charge in [0.15, 0.2) is 0 Å². The zero-order chi connectivity index (χ0) is 11.4. The maximum Gasteiger partial charge on any atom is 0.115 e. The van der Waals surface area contributed by atoms with Gasteiger partial charge in [-0.25, -0.2) is 4.98 Å². The first-order chi connectivity index (χ1) is 7.04. The Morgan fingerprint density at radius 1 is 1.60 bits per heavy atom. The molecule has 0 fully saturated rings. The number of hydrogen-bond donors (Lipinski definition) is 0. The smallest absolute Gasteiger partial charge is 0.115 e. The molecule has 0 radical (unpaired) electrons. The van der Waals surface area contributed by atoms with Crippen molar-refractivity contribution in [2.45, 2.75) is 18.9 Å². The number of hydrogen-bond acceptors (Lipinski definition) is 4. The molecule has 0 N–H and O–H groups in total. The first-order valence-electron chi connectivity index (χ1n) is 4.35. The molecule has 0 aliphatic heterocycles. The summed E-state index contributed by atoms with van der Waals surface area (Å²) in [5.74, 6) is 0. The number of rotatable bonds is 3. The minimum atomic E-state index is -0.876. The van der Waals surface area contributed by atoms with Gasteiger partial charge < -0.3 is 0 Å². The summed E-state index contributed by atoms with van der Waals surface area (Å²) in [4.78, 5) is 4.28. The third-order valence-corrected chi connectivity index (χ3v) is 4.15. The molecule has 1 heterocycles. The predicted molar refractivity (Wildman–Crippen MR) is 63.2 cm³/mol. The molecule has 0 saturated heterocycles. The Hall–Kier alpha value is -0.860. The van der Waals surface area contributed by atoms with E-state index in [1.165, 1.54) is 11.8 Å². The van der Waals surface area contributed by atoms with Crippen LogP contribution < -0.4 is 0 Å². The van der Waals surface area contributed by atoms with E-state index >= 15 is 0 Å². The SMILES string of the molecule is Cc1cc(C)c(C#N)c(SCS(C)=O)n1. The number of nitrogens with zero attached hydrogens (tertiary/aromatic N) is 2. The molecule has 80 valence electrons. The highest BCUT2D eigenvalue weighted by molar-refractivity contribution is 8.10. The van der Waals surface area contributed by atoms with Crippen LogP contribution in [-0.2, 0) is 10.8 Å². The number of nitriles is 1. The lowest BCUT2D eigenvalue weighted by molar-refractivity contribution is 0.689. The van der Waals surface area contributed by atoms with Crippen LogP contribution in [0.25, 0.3) is 0 Å². The van der Waals surface area contributed by atoms with Crippen LogP contribution in [0.2, 0.25) is 0 Å². The number of pyridine rings is 1. The predicted octanol–water partition coefficient (Wildman–Crippen LogP) is 2.00. The van der Waals surface area contributed by atoms with Crippen LogP contribution in [0.15, 0.2) is 11.1 Å². The first kappa shape index (κ1) is 12.2. The van der Waals surface area contributed by atoms with Crippen molar-refractivity contribution in [3.8, 4) is 6.07 Å². The van der Waals surface area contributed by atoms with E-state index in [2.05, 4.69) is 11.1 Å². The topological polar surface area (TPSA) is 53.8 Å². The molecule has 0 aliphatic carbocycles. The van der Waals surface area contributed by atoms with Crippen molar-refractivity contribution in [3.05, 3.63) is 22.9 Å². The second-order valence-corrected chi connectivity index (χ2v) is 5.97. The molecule has 1 aromatic rings. The normalized spacial score (nSPS) is 12.1. The van der Waals surface area contributed by atoms with E-state index in [1.54, 1.807) is 6.26 Å². The molecule has 1 rings (SSSR count). The minimum absolute atomic E-state index is 0.477. The quantitative estimate of drug-likeness (QED) is 0.758. The first-order valence-corrected chi connectivity index (χ1v) is 7.07. The number of aromatic nitrogens is 1. The molecule has 15 heavy (non-hydrogen) atoms. The van der Waals surface area contributed by atoms with Crippen LogP contribution >= 0.6 is 11.8 Å². The molecule has 0 aliphatic rings. The van der Waals surface area contributed by atoms with Gasteiger partial charge >= 0.3 is 0 Å². The van der Waals surface area contributed by atoms with E-state index in [1.807, 2.05) is 19.9 Å². The summed E-state index contributed by atoms with van der Waals surface area (Å²) >= 11 is 1.37. The maximum atomic E-state index is 11.0. The van der Waals surface area contributed by atoms with E-state index in [0.717, 1.165) is 11.3 Å².